The predicted octanol–water partition coefficient (Wildman–Crippen LogP) is 0.337. The van der Waals surface area contributed by atoms with Crippen LogP contribution in [0.4, 0.5) is 0 Å². The fourth-order valence-corrected chi connectivity index (χ4v) is 3.01. The van der Waals surface area contributed by atoms with Crippen molar-refractivity contribution in [3.63, 3.8) is 0 Å². The van der Waals surface area contributed by atoms with E-state index < -0.39 is 24.1 Å². The quantitative estimate of drug-likeness (QED) is 0.596. The van der Waals surface area contributed by atoms with E-state index in [-0.39, 0.29) is 12.8 Å². The van der Waals surface area contributed by atoms with Gasteiger partial charge in [-0.05, 0) is 24.6 Å². The van der Waals surface area contributed by atoms with Crippen molar-refractivity contribution in [2.45, 2.75) is 38.6 Å². The van der Waals surface area contributed by atoms with Crippen molar-refractivity contribution in [1.82, 2.24) is 15.5 Å². The largest absolute Gasteiger partial charge is 0.369 e. The summed E-state index contributed by atoms with van der Waals surface area (Å²) in [5.41, 5.74) is 1.75. The number of aliphatic hydroxyl groups is 1. The summed E-state index contributed by atoms with van der Waals surface area (Å²) in [6, 6.07) is 4.38. The first-order valence-corrected chi connectivity index (χ1v) is 8.05. The number of amides is 2. The Morgan fingerprint density at radius 2 is 2.21 bits per heavy atom. The lowest BCUT2D eigenvalue weighted by atomic mass is 10.0. The molecule has 1 heterocycles. The van der Waals surface area contributed by atoms with E-state index >= 15 is 0 Å². The lowest BCUT2D eigenvalue weighted by Crippen LogP contribution is -2.47. The zero-order chi connectivity index (χ0) is 17.7. The van der Waals surface area contributed by atoms with E-state index in [1.54, 1.807) is 12.1 Å². The highest BCUT2D eigenvalue weighted by Gasteiger charge is 2.43. The van der Waals surface area contributed by atoms with E-state index in [1.165, 1.54) is 11.9 Å². The molecule has 1 aliphatic rings. The number of aldehydes is 1. The van der Waals surface area contributed by atoms with Crippen LogP contribution < -0.4 is 10.6 Å². The normalized spacial score (nSPS) is 17.5. The Labute approximate surface area is 141 Å². The summed E-state index contributed by atoms with van der Waals surface area (Å²) in [6.45, 7) is 3.26. The Kier molecular flexibility index (Phi) is 6.05. The number of fused-ring (bicyclic) bond motifs is 1. The molecule has 2 unspecified atom stereocenters. The van der Waals surface area contributed by atoms with Gasteiger partial charge in [-0.2, -0.15) is 0 Å². The molecule has 2 rings (SSSR count). The average Bonchev–Trinajstić information content (AvgIpc) is 2.85. The van der Waals surface area contributed by atoms with E-state index in [0.29, 0.717) is 24.0 Å². The van der Waals surface area contributed by atoms with Crippen LogP contribution in [-0.4, -0.2) is 47.7 Å². The second kappa shape index (κ2) is 8.03. The van der Waals surface area contributed by atoms with Gasteiger partial charge >= 0.3 is 0 Å². The van der Waals surface area contributed by atoms with Crippen LogP contribution in [0.3, 0.4) is 0 Å². The maximum Gasteiger partial charge on any atom is 0.257 e. The van der Waals surface area contributed by atoms with Crippen LogP contribution in [0, 0.1) is 0 Å². The minimum atomic E-state index is -1.20. The molecule has 7 nitrogen and oxygen atoms in total. The minimum absolute atomic E-state index is 0.134. The third-order valence-corrected chi connectivity index (χ3v) is 4.19. The van der Waals surface area contributed by atoms with Crippen LogP contribution >= 0.6 is 0 Å². The van der Waals surface area contributed by atoms with Crippen molar-refractivity contribution in [3.05, 3.63) is 34.9 Å². The van der Waals surface area contributed by atoms with Crippen molar-refractivity contribution in [1.29, 1.82) is 0 Å². The summed E-state index contributed by atoms with van der Waals surface area (Å²) in [5.74, 6) is -0.791. The molecule has 7 heteroatoms. The fraction of sp³-hybridized carbons (Fsp3) is 0.471. The van der Waals surface area contributed by atoms with Crippen LogP contribution in [0.15, 0.2) is 18.2 Å². The van der Waals surface area contributed by atoms with Crippen molar-refractivity contribution < 1.29 is 19.5 Å². The Hall–Kier alpha value is -2.25. The third kappa shape index (κ3) is 3.32. The highest BCUT2D eigenvalue weighted by Crippen LogP contribution is 2.36. The van der Waals surface area contributed by atoms with E-state index in [1.807, 2.05) is 13.0 Å². The van der Waals surface area contributed by atoms with Gasteiger partial charge < -0.3 is 20.5 Å². The maximum absolute atomic E-state index is 12.7. The molecule has 24 heavy (non-hydrogen) atoms. The van der Waals surface area contributed by atoms with E-state index in [0.717, 1.165) is 12.1 Å². The molecular weight excluding hydrogens is 310 g/mol. The molecule has 0 fully saturated rings. The average molecular weight is 333 g/mol. The number of benzene rings is 1. The van der Waals surface area contributed by atoms with Crippen LogP contribution in [0.2, 0.25) is 0 Å². The lowest BCUT2D eigenvalue weighted by Gasteiger charge is -2.29. The van der Waals surface area contributed by atoms with Crippen LogP contribution in [0.1, 0.15) is 47.5 Å². The number of hydrogen-bond donors (Lipinski definition) is 3. The lowest BCUT2D eigenvalue weighted by molar-refractivity contribution is -0.129. The Bertz CT molecular complexity index is 632. The zero-order valence-corrected chi connectivity index (χ0v) is 13.9. The smallest absolute Gasteiger partial charge is 0.257 e. The SMILES string of the molecule is CCNCc1cccc2c1C(O)N(C(CCC=O)C(=O)NC)C2=O. The van der Waals surface area contributed by atoms with Gasteiger partial charge in [-0.15, -0.1) is 0 Å². The van der Waals surface area contributed by atoms with Crippen LogP contribution in [0.25, 0.3) is 0 Å². The van der Waals surface area contributed by atoms with Crippen molar-refractivity contribution in [2.75, 3.05) is 13.6 Å². The molecule has 2 amide bonds. The minimum Gasteiger partial charge on any atom is -0.369 e. The number of carbonyl (C=O) groups excluding carboxylic acids is 3. The van der Waals surface area contributed by atoms with Crippen molar-refractivity contribution >= 4 is 18.1 Å². The van der Waals surface area contributed by atoms with Gasteiger partial charge in [0.25, 0.3) is 5.91 Å². The second-order valence-corrected chi connectivity index (χ2v) is 5.62. The summed E-state index contributed by atoms with van der Waals surface area (Å²) >= 11 is 0. The fourth-order valence-electron chi connectivity index (χ4n) is 3.01. The molecule has 0 saturated carbocycles. The van der Waals surface area contributed by atoms with Gasteiger partial charge in [0, 0.05) is 31.1 Å². The van der Waals surface area contributed by atoms with E-state index in [2.05, 4.69) is 10.6 Å². The molecule has 1 aromatic rings. The second-order valence-electron chi connectivity index (χ2n) is 5.62. The number of rotatable bonds is 8. The molecule has 0 radical (unpaired) electrons. The standard InChI is InChI=1S/C17H23N3O4/c1-3-19-10-11-6-4-7-12-14(11)17(24)20(16(12)23)13(8-5-9-21)15(22)18-2/h4,6-7,9,13,17,19,24H,3,5,8,10H2,1-2H3,(H,18,22). The highest BCUT2D eigenvalue weighted by atomic mass is 16.3. The van der Waals surface area contributed by atoms with Gasteiger partial charge in [0.1, 0.15) is 12.3 Å². The third-order valence-electron chi connectivity index (χ3n) is 4.19. The van der Waals surface area contributed by atoms with Gasteiger partial charge in [-0.1, -0.05) is 19.1 Å². The van der Waals surface area contributed by atoms with Gasteiger partial charge in [0.15, 0.2) is 6.23 Å². The summed E-state index contributed by atoms with van der Waals surface area (Å²) in [4.78, 5) is 36.7. The van der Waals surface area contributed by atoms with Crippen molar-refractivity contribution in [3.8, 4) is 0 Å². The first-order valence-electron chi connectivity index (χ1n) is 8.05. The molecule has 3 N–H and O–H groups in total. The van der Waals surface area contributed by atoms with Crippen LogP contribution in [-0.2, 0) is 16.1 Å². The number of hydrogen-bond acceptors (Lipinski definition) is 5. The molecule has 0 spiro atoms. The highest BCUT2D eigenvalue weighted by molar-refractivity contribution is 6.02. The summed E-state index contributed by atoms with van der Waals surface area (Å²) < 4.78 is 0. The number of carbonyl (C=O) groups is 3. The zero-order valence-electron chi connectivity index (χ0n) is 13.9. The van der Waals surface area contributed by atoms with Crippen LogP contribution in [0.5, 0.6) is 0 Å². The van der Waals surface area contributed by atoms with Gasteiger partial charge in [-0.3, -0.25) is 14.5 Å². The number of nitrogens with zero attached hydrogens (tertiary/aromatic N) is 1. The Morgan fingerprint density at radius 1 is 1.46 bits per heavy atom. The maximum atomic E-state index is 12.7. The molecular formula is C17H23N3O4. The summed E-state index contributed by atoms with van der Waals surface area (Å²) in [6.07, 6.45) is -0.194. The molecule has 0 bridgehead atoms. The van der Waals surface area contributed by atoms with E-state index in [9.17, 15) is 19.5 Å². The summed E-state index contributed by atoms with van der Waals surface area (Å²) in [5, 5.41) is 16.4. The molecule has 130 valence electrons. The molecule has 0 aromatic heterocycles. The van der Waals surface area contributed by atoms with Gasteiger partial charge in [0.2, 0.25) is 5.91 Å². The topological polar surface area (TPSA) is 98.7 Å². The molecule has 2 atom stereocenters. The van der Waals surface area contributed by atoms with Crippen molar-refractivity contribution in [2.24, 2.45) is 0 Å². The Balaban J connectivity index is 2.38. The number of aliphatic hydroxyl groups excluding tert-OH is 1. The monoisotopic (exact) mass is 333 g/mol. The van der Waals surface area contributed by atoms with E-state index in [4.69, 9.17) is 0 Å². The molecule has 0 aliphatic carbocycles. The first-order chi connectivity index (χ1) is 11.6. The number of likely N-dealkylation sites (N-methyl/N-ethyl adjacent to an activating group) is 1. The first kappa shape index (κ1) is 18.1. The Morgan fingerprint density at radius 3 is 2.83 bits per heavy atom. The molecule has 1 aromatic carbocycles. The molecule has 1 aliphatic heterocycles. The van der Waals surface area contributed by atoms with Gasteiger partial charge in [0.05, 0.1) is 0 Å². The summed E-state index contributed by atoms with van der Waals surface area (Å²) in [7, 11) is 1.47. The molecule has 0 saturated heterocycles. The number of nitrogens with one attached hydrogen (secondary N) is 2. The van der Waals surface area contributed by atoms with Gasteiger partial charge in [-0.25, -0.2) is 0 Å². The predicted molar refractivity (Wildman–Crippen MR) is 88.1 cm³/mol.